The highest BCUT2D eigenvalue weighted by molar-refractivity contribution is 7.16. The third kappa shape index (κ3) is 3.84. The third-order valence-electron chi connectivity index (χ3n) is 3.76. The van der Waals surface area contributed by atoms with E-state index >= 15 is 0 Å². The first kappa shape index (κ1) is 18.1. The second-order valence-corrected chi connectivity index (χ2v) is 6.62. The number of halogens is 3. The highest BCUT2D eigenvalue weighted by Crippen LogP contribution is 2.33. The number of fused-ring (bicyclic) bond motifs is 1. The van der Waals surface area contributed by atoms with E-state index < -0.39 is 17.4 Å². The Bertz CT molecular complexity index is 1180. The molecular weight excluding hydrogens is 393 g/mol. The van der Waals surface area contributed by atoms with Crippen molar-refractivity contribution in [3.63, 3.8) is 0 Å². The number of hydrogen-bond donors (Lipinski definition) is 1. The van der Waals surface area contributed by atoms with E-state index in [1.165, 1.54) is 23.5 Å². The van der Waals surface area contributed by atoms with Gasteiger partial charge in [-0.3, -0.25) is 0 Å². The van der Waals surface area contributed by atoms with Crippen LogP contribution in [0.25, 0.3) is 10.2 Å². The van der Waals surface area contributed by atoms with E-state index in [4.69, 9.17) is 9.15 Å². The van der Waals surface area contributed by atoms with Crippen molar-refractivity contribution in [1.82, 2.24) is 4.98 Å². The van der Waals surface area contributed by atoms with Gasteiger partial charge in [-0.1, -0.05) is 6.07 Å². The van der Waals surface area contributed by atoms with Crippen molar-refractivity contribution in [2.75, 3.05) is 5.32 Å². The molecule has 2 aromatic heterocycles. The maximum Gasteiger partial charge on any atom is 0.416 e. The summed E-state index contributed by atoms with van der Waals surface area (Å²) in [6.45, 7) is 0. The highest BCUT2D eigenvalue weighted by Gasteiger charge is 2.30. The molecule has 0 aliphatic carbocycles. The van der Waals surface area contributed by atoms with E-state index in [-0.39, 0.29) is 11.8 Å². The van der Waals surface area contributed by atoms with Gasteiger partial charge in [-0.2, -0.15) is 18.2 Å². The molecule has 5 nitrogen and oxygen atoms in total. The molecule has 0 atom stereocenters. The van der Waals surface area contributed by atoms with E-state index in [9.17, 15) is 18.0 Å². The molecule has 142 valence electrons. The first-order valence-electron chi connectivity index (χ1n) is 7.99. The highest BCUT2D eigenvalue weighted by atomic mass is 32.1. The molecule has 0 saturated heterocycles. The van der Waals surface area contributed by atoms with Crippen LogP contribution in [-0.4, -0.2) is 4.98 Å². The van der Waals surface area contributed by atoms with Gasteiger partial charge < -0.3 is 14.5 Å². The van der Waals surface area contributed by atoms with Crippen LogP contribution in [-0.2, 0) is 6.18 Å². The Hall–Kier alpha value is -3.33. The number of thiophene rings is 1. The fraction of sp³-hybridized carbons (Fsp3) is 0.0526. The molecular formula is C19H11F3N2O3S. The zero-order valence-corrected chi connectivity index (χ0v) is 14.8. The topological polar surface area (TPSA) is 64.4 Å². The molecule has 0 unspecified atom stereocenters. The SMILES string of the molecule is O=c1oc(Nc2ccc(Oc3cccc(C(F)(F)F)c3)cc2)nc2sccc12. The second-order valence-electron chi connectivity index (χ2n) is 5.72. The lowest BCUT2D eigenvalue weighted by atomic mass is 10.2. The van der Waals surface area contributed by atoms with Gasteiger partial charge in [0.15, 0.2) is 0 Å². The maximum absolute atomic E-state index is 12.8. The van der Waals surface area contributed by atoms with Gasteiger partial charge in [0.2, 0.25) is 0 Å². The molecule has 0 radical (unpaired) electrons. The van der Waals surface area contributed by atoms with Crippen LogP contribution < -0.4 is 15.7 Å². The summed E-state index contributed by atoms with van der Waals surface area (Å²) < 4.78 is 48.9. The summed E-state index contributed by atoms with van der Waals surface area (Å²) in [5.41, 5.74) is -0.699. The van der Waals surface area contributed by atoms with E-state index in [2.05, 4.69) is 10.3 Å². The second kappa shape index (κ2) is 7.01. The van der Waals surface area contributed by atoms with Crippen molar-refractivity contribution < 1.29 is 22.3 Å². The minimum Gasteiger partial charge on any atom is -0.457 e. The van der Waals surface area contributed by atoms with Crippen molar-refractivity contribution in [1.29, 1.82) is 0 Å². The van der Waals surface area contributed by atoms with E-state index in [0.717, 1.165) is 12.1 Å². The summed E-state index contributed by atoms with van der Waals surface area (Å²) in [6.07, 6.45) is -4.44. The van der Waals surface area contributed by atoms with E-state index in [0.29, 0.717) is 21.7 Å². The van der Waals surface area contributed by atoms with Crippen LogP contribution in [0.2, 0.25) is 0 Å². The molecule has 0 aliphatic heterocycles. The Labute approximate surface area is 160 Å². The van der Waals surface area contributed by atoms with Gasteiger partial charge in [0.25, 0.3) is 0 Å². The molecule has 28 heavy (non-hydrogen) atoms. The first-order valence-corrected chi connectivity index (χ1v) is 8.87. The van der Waals surface area contributed by atoms with Gasteiger partial charge >= 0.3 is 17.8 Å². The Balaban J connectivity index is 1.50. The normalized spacial score (nSPS) is 11.5. The number of benzene rings is 2. The average molecular weight is 404 g/mol. The van der Waals surface area contributed by atoms with Gasteiger partial charge in [0.05, 0.1) is 10.9 Å². The molecule has 0 aliphatic rings. The smallest absolute Gasteiger partial charge is 0.416 e. The van der Waals surface area contributed by atoms with E-state index in [1.54, 1.807) is 35.7 Å². The third-order valence-corrected chi connectivity index (χ3v) is 4.57. The molecule has 2 aromatic carbocycles. The number of alkyl halides is 3. The van der Waals surface area contributed by atoms with Crippen LogP contribution in [0.15, 0.2) is 69.2 Å². The summed E-state index contributed by atoms with van der Waals surface area (Å²) in [5, 5.41) is 5.04. The van der Waals surface area contributed by atoms with Crippen LogP contribution in [0.3, 0.4) is 0 Å². The largest absolute Gasteiger partial charge is 0.457 e. The van der Waals surface area contributed by atoms with Crippen molar-refractivity contribution in [2.45, 2.75) is 6.18 Å². The lowest BCUT2D eigenvalue weighted by molar-refractivity contribution is -0.137. The fourth-order valence-corrected chi connectivity index (χ4v) is 3.20. The zero-order valence-electron chi connectivity index (χ0n) is 14.0. The predicted octanol–water partition coefficient (Wildman–Crippen LogP) is 5.80. The summed E-state index contributed by atoms with van der Waals surface area (Å²) in [6, 6.07) is 12.7. The van der Waals surface area contributed by atoms with Crippen LogP contribution in [0.5, 0.6) is 11.5 Å². The number of nitrogens with one attached hydrogen (secondary N) is 1. The molecule has 9 heteroatoms. The minimum absolute atomic E-state index is 0.0477. The molecule has 4 aromatic rings. The van der Waals surface area contributed by atoms with Crippen molar-refractivity contribution >= 4 is 33.3 Å². The molecule has 0 amide bonds. The summed E-state index contributed by atoms with van der Waals surface area (Å²) >= 11 is 1.32. The van der Waals surface area contributed by atoms with Gasteiger partial charge in [-0.05, 0) is 53.9 Å². The molecule has 0 saturated carbocycles. The van der Waals surface area contributed by atoms with Crippen LogP contribution in [0, 0.1) is 0 Å². The van der Waals surface area contributed by atoms with Crippen LogP contribution in [0.4, 0.5) is 24.9 Å². The van der Waals surface area contributed by atoms with Gasteiger partial charge in [-0.25, -0.2) is 4.79 Å². The number of anilines is 2. The average Bonchev–Trinajstić information content (AvgIpc) is 3.12. The summed E-state index contributed by atoms with van der Waals surface area (Å²) in [5.74, 6) is 0.430. The lowest BCUT2D eigenvalue weighted by Crippen LogP contribution is -2.04. The zero-order chi connectivity index (χ0) is 19.7. The standard InChI is InChI=1S/C19H11F3N2O3S/c20-19(21,22)11-2-1-3-14(10-11)26-13-6-4-12(5-7-13)23-18-24-16-15(8-9-28-16)17(25)27-18/h1-10H,(H,23,24). The van der Waals surface area contributed by atoms with Gasteiger partial charge in [0, 0.05) is 5.69 Å². The van der Waals surface area contributed by atoms with Crippen LogP contribution in [0.1, 0.15) is 5.56 Å². The predicted molar refractivity (Wildman–Crippen MR) is 99.4 cm³/mol. The molecule has 0 bridgehead atoms. The Morgan fingerprint density at radius 2 is 1.82 bits per heavy atom. The molecule has 0 spiro atoms. The number of hydrogen-bond acceptors (Lipinski definition) is 6. The number of rotatable bonds is 4. The Morgan fingerprint density at radius 3 is 2.57 bits per heavy atom. The summed E-state index contributed by atoms with van der Waals surface area (Å²) in [7, 11) is 0. The molecule has 2 heterocycles. The number of ether oxygens (including phenoxy) is 1. The molecule has 1 N–H and O–H groups in total. The number of aromatic nitrogens is 1. The molecule has 0 fully saturated rings. The van der Waals surface area contributed by atoms with Crippen molar-refractivity contribution in [3.05, 3.63) is 76.0 Å². The summed E-state index contributed by atoms with van der Waals surface area (Å²) in [4.78, 5) is 16.6. The quantitative estimate of drug-likeness (QED) is 0.465. The van der Waals surface area contributed by atoms with Crippen molar-refractivity contribution in [3.8, 4) is 11.5 Å². The van der Waals surface area contributed by atoms with Gasteiger partial charge in [-0.15, -0.1) is 11.3 Å². The molecule has 4 rings (SSSR count). The monoisotopic (exact) mass is 404 g/mol. The van der Waals surface area contributed by atoms with Gasteiger partial charge in [0.1, 0.15) is 16.3 Å². The maximum atomic E-state index is 12.8. The minimum atomic E-state index is -4.44. The fourth-order valence-electron chi connectivity index (χ4n) is 2.46. The Kier molecular flexibility index (Phi) is 4.52. The number of nitrogens with zero attached hydrogens (tertiary/aromatic N) is 1. The first-order chi connectivity index (χ1) is 13.4. The van der Waals surface area contributed by atoms with Crippen LogP contribution >= 0.6 is 11.3 Å². The van der Waals surface area contributed by atoms with E-state index in [1.807, 2.05) is 0 Å². The lowest BCUT2D eigenvalue weighted by Gasteiger charge is -2.10. The van der Waals surface area contributed by atoms with Crippen molar-refractivity contribution in [2.24, 2.45) is 0 Å². The Morgan fingerprint density at radius 1 is 1.04 bits per heavy atom.